The van der Waals surface area contributed by atoms with E-state index >= 15 is 0 Å². The molecule has 2 heteroatoms. The van der Waals surface area contributed by atoms with Crippen LogP contribution in [0.4, 0.5) is 0 Å². The smallest absolute Gasteiger partial charge is 0.197 e. The lowest BCUT2D eigenvalue weighted by molar-refractivity contribution is -0.0246. The van der Waals surface area contributed by atoms with Gasteiger partial charge >= 0.3 is 0 Å². The molecular weight excluding hydrogens is 272 g/mol. The minimum Gasteiger partial charge on any atom is -0.465 e. The monoisotopic (exact) mass is 298 g/mol. The third kappa shape index (κ3) is 5.53. The van der Waals surface area contributed by atoms with Crippen molar-refractivity contribution in [1.82, 2.24) is 0 Å². The summed E-state index contributed by atoms with van der Waals surface area (Å²) >= 11 is 0. The number of hydrogen-bond donors (Lipinski definition) is 1. The fourth-order valence-electron chi connectivity index (χ4n) is 2.50. The van der Waals surface area contributed by atoms with Gasteiger partial charge in [0, 0.05) is 6.42 Å². The third-order valence-electron chi connectivity index (χ3n) is 3.79. The van der Waals surface area contributed by atoms with Crippen LogP contribution in [-0.4, -0.2) is 11.4 Å². The van der Waals surface area contributed by atoms with Crippen LogP contribution in [0.3, 0.4) is 0 Å². The molecule has 2 aromatic carbocycles. The van der Waals surface area contributed by atoms with Gasteiger partial charge in [0.2, 0.25) is 0 Å². The van der Waals surface area contributed by atoms with Gasteiger partial charge < -0.3 is 9.84 Å². The first-order valence-electron chi connectivity index (χ1n) is 8.30. The van der Waals surface area contributed by atoms with Crippen molar-refractivity contribution in [1.29, 1.82) is 0 Å². The van der Waals surface area contributed by atoms with Gasteiger partial charge in [0.1, 0.15) is 5.75 Å². The molecule has 0 amide bonds. The molecule has 1 unspecified atom stereocenters. The van der Waals surface area contributed by atoms with Crippen molar-refractivity contribution >= 4 is 0 Å². The van der Waals surface area contributed by atoms with Crippen LogP contribution in [0, 0.1) is 0 Å². The summed E-state index contributed by atoms with van der Waals surface area (Å²) in [6, 6.07) is 18.1. The minimum atomic E-state index is -0.704. The van der Waals surface area contributed by atoms with Crippen molar-refractivity contribution in [3.63, 3.8) is 0 Å². The SMILES string of the molecule is CCCCCCCC(O)Oc1ccc(-c2ccccc2)cc1. The van der Waals surface area contributed by atoms with Crippen molar-refractivity contribution in [3.8, 4) is 16.9 Å². The first-order valence-corrected chi connectivity index (χ1v) is 8.30. The molecule has 0 radical (unpaired) electrons. The average Bonchev–Trinajstić information content (AvgIpc) is 2.56. The fraction of sp³-hybridized carbons (Fsp3) is 0.400. The summed E-state index contributed by atoms with van der Waals surface area (Å²) in [4.78, 5) is 0. The van der Waals surface area contributed by atoms with E-state index in [1.54, 1.807) is 0 Å². The second kappa shape index (κ2) is 9.26. The van der Waals surface area contributed by atoms with E-state index in [9.17, 15) is 5.11 Å². The third-order valence-corrected chi connectivity index (χ3v) is 3.79. The molecule has 0 heterocycles. The zero-order chi connectivity index (χ0) is 15.6. The molecule has 0 fully saturated rings. The number of benzene rings is 2. The van der Waals surface area contributed by atoms with Crippen LogP contribution in [-0.2, 0) is 0 Å². The highest BCUT2D eigenvalue weighted by Crippen LogP contribution is 2.23. The summed E-state index contributed by atoms with van der Waals surface area (Å²) in [5.74, 6) is 0.723. The number of ether oxygens (including phenoxy) is 1. The molecule has 22 heavy (non-hydrogen) atoms. The van der Waals surface area contributed by atoms with E-state index in [4.69, 9.17) is 4.74 Å². The molecule has 118 valence electrons. The Hall–Kier alpha value is -1.80. The first kappa shape index (κ1) is 16.6. The second-order valence-electron chi connectivity index (χ2n) is 5.67. The fourth-order valence-corrected chi connectivity index (χ4v) is 2.50. The minimum absolute atomic E-state index is 0.699. The number of rotatable bonds is 9. The summed E-state index contributed by atoms with van der Waals surface area (Å²) in [5, 5.41) is 9.92. The lowest BCUT2D eigenvalue weighted by Crippen LogP contribution is -2.15. The van der Waals surface area contributed by atoms with Crippen molar-refractivity contribution in [3.05, 3.63) is 54.6 Å². The maximum atomic E-state index is 9.92. The summed E-state index contributed by atoms with van der Waals surface area (Å²) in [6.45, 7) is 2.21. The highest BCUT2D eigenvalue weighted by Gasteiger charge is 2.06. The lowest BCUT2D eigenvalue weighted by Gasteiger charge is -2.13. The van der Waals surface area contributed by atoms with Crippen LogP contribution in [0.25, 0.3) is 11.1 Å². The van der Waals surface area contributed by atoms with E-state index in [2.05, 4.69) is 19.1 Å². The van der Waals surface area contributed by atoms with Gasteiger partial charge in [-0.15, -0.1) is 0 Å². The summed E-state index contributed by atoms with van der Waals surface area (Å²) in [5.41, 5.74) is 2.34. The normalized spacial score (nSPS) is 12.1. The molecular formula is C20H26O2. The van der Waals surface area contributed by atoms with E-state index in [0.29, 0.717) is 6.42 Å². The predicted octanol–water partition coefficient (Wildman–Crippen LogP) is 5.41. The van der Waals surface area contributed by atoms with Crippen LogP contribution in [0.1, 0.15) is 45.4 Å². The van der Waals surface area contributed by atoms with Gasteiger partial charge in [0.15, 0.2) is 6.29 Å². The Morgan fingerprint density at radius 1 is 0.818 bits per heavy atom. The number of unbranched alkanes of at least 4 members (excludes halogenated alkanes) is 4. The molecule has 0 saturated carbocycles. The van der Waals surface area contributed by atoms with Crippen molar-refractivity contribution in [2.75, 3.05) is 0 Å². The largest absolute Gasteiger partial charge is 0.465 e. The Balaban J connectivity index is 1.78. The van der Waals surface area contributed by atoms with Crippen molar-refractivity contribution < 1.29 is 9.84 Å². The van der Waals surface area contributed by atoms with Gasteiger partial charge in [-0.2, -0.15) is 0 Å². The molecule has 0 aliphatic rings. The first-order chi connectivity index (χ1) is 10.8. The molecule has 0 aliphatic heterocycles. The quantitative estimate of drug-likeness (QED) is 0.495. The molecule has 0 bridgehead atoms. The summed E-state index contributed by atoms with van der Waals surface area (Å²) < 4.78 is 5.57. The van der Waals surface area contributed by atoms with Gasteiger partial charge in [0.25, 0.3) is 0 Å². The maximum absolute atomic E-state index is 9.92. The highest BCUT2D eigenvalue weighted by molar-refractivity contribution is 5.63. The average molecular weight is 298 g/mol. The molecule has 2 rings (SSSR count). The lowest BCUT2D eigenvalue weighted by atomic mass is 10.1. The summed E-state index contributed by atoms with van der Waals surface area (Å²) in [7, 11) is 0. The van der Waals surface area contributed by atoms with Gasteiger partial charge in [-0.25, -0.2) is 0 Å². The van der Waals surface area contributed by atoms with Crippen LogP contribution in [0.2, 0.25) is 0 Å². The van der Waals surface area contributed by atoms with Crippen LogP contribution in [0.5, 0.6) is 5.75 Å². The molecule has 1 atom stereocenters. The molecule has 1 N–H and O–H groups in total. The molecule has 0 aliphatic carbocycles. The standard InChI is InChI=1S/C20H26O2/c1-2-3-4-5-9-12-20(21)22-19-15-13-18(14-16-19)17-10-7-6-8-11-17/h6-8,10-11,13-16,20-21H,2-5,9,12H2,1H3. The molecule has 2 nitrogen and oxygen atoms in total. The van der Waals surface area contributed by atoms with Gasteiger partial charge in [0.05, 0.1) is 0 Å². The topological polar surface area (TPSA) is 29.5 Å². The zero-order valence-electron chi connectivity index (χ0n) is 13.4. The summed E-state index contributed by atoms with van der Waals surface area (Å²) in [6.07, 6.45) is 5.94. The van der Waals surface area contributed by atoms with E-state index in [0.717, 1.165) is 17.7 Å². The van der Waals surface area contributed by atoms with Gasteiger partial charge in [-0.05, 0) is 29.7 Å². The van der Waals surface area contributed by atoms with Gasteiger partial charge in [-0.3, -0.25) is 0 Å². The maximum Gasteiger partial charge on any atom is 0.197 e. The van der Waals surface area contributed by atoms with E-state index in [1.165, 1.54) is 31.2 Å². The Kier molecular flexibility index (Phi) is 6.98. The molecule has 0 spiro atoms. The highest BCUT2D eigenvalue weighted by atomic mass is 16.6. The zero-order valence-corrected chi connectivity index (χ0v) is 13.4. The number of hydrogen-bond acceptors (Lipinski definition) is 2. The van der Waals surface area contributed by atoms with Crippen molar-refractivity contribution in [2.45, 2.75) is 51.7 Å². The van der Waals surface area contributed by atoms with E-state index < -0.39 is 6.29 Å². The molecule has 0 saturated heterocycles. The predicted molar refractivity (Wildman–Crippen MR) is 91.9 cm³/mol. The Morgan fingerprint density at radius 2 is 1.45 bits per heavy atom. The number of aliphatic hydroxyl groups excluding tert-OH is 1. The van der Waals surface area contributed by atoms with E-state index in [1.807, 2.05) is 42.5 Å². The Bertz CT molecular complexity index is 519. The number of aliphatic hydroxyl groups is 1. The van der Waals surface area contributed by atoms with Gasteiger partial charge in [-0.1, -0.05) is 75.1 Å². The van der Waals surface area contributed by atoms with Crippen LogP contribution < -0.4 is 4.74 Å². The Labute approximate surface area is 133 Å². The molecule has 0 aromatic heterocycles. The van der Waals surface area contributed by atoms with Crippen LogP contribution in [0.15, 0.2) is 54.6 Å². The van der Waals surface area contributed by atoms with E-state index in [-0.39, 0.29) is 0 Å². The second-order valence-corrected chi connectivity index (χ2v) is 5.67. The molecule has 2 aromatic rings. The Morgan fingerprint density at radius 3 is 2.14 bits per heavy atom. The van der Waals surface area contributed by atoms with Crippen molar-refractivity contribution in [2.24, 2.45) is 0 Å². The van der Waals surface area contributed by atoms with Crippen LogP contribution >= 0.6 is 0 Å².